The molecule has 2 aliphatic rings. The molecular weight excluding hydrogens is 214 g/mol. The number of rotatable bonds is 3. The van der Waals surface area contributed by atoms with Crippen molar-refractivity contribution in [2.75, 3.05) is 0 Å². The third-order valence-electron chi connectivity index (χ3n) is 4.14. The lowest BCUT2D eigenvalue weighted by Gasteiger charge is -2.16. The van der Waals surface area contributed by atoms with Crippen molar-refractivity contribution in [1.29, 1.82) is 0 Å². The number of carbonyl (C=O) groups is 1. The Morgan fingerprint density at radius 2 is 2.24 bits per heavy atom. The topological polar surface area (TPSA) is 50.2 Å². The van der Waals surface area contributed by atoms with Crippen LogP contribution in [-0.4, -0.2) is 16.1 Å². The average molecular weight is 231 g/mol. The van der Waals surface area contributed by atoms with Crippen molar-refractivity contribution in [3.63, 3.8) is 0 Å². The molecule has 2 atom stereocenters. The molecule has 3 rings (SSSR count). The van der Waals surface area contributed by atoms with E-state index in [1.54, 1.807) is 0 Å². The van der Waals surface area contributed by atoms with E-state index in [2.05, 4.69) is 11.9 Å². The first-order valence-corrected chi connectivity index (χ1v) is 6.47. The summed E-state index contributed by atoms with van der Waals surface area (Å²) < 4.78 is 0. The molecule has 1 N–H and O–H groups in total. The molecule has 1 fully saturated rings. The minimum atomic E-state index is -0.827. The van der Waals surface area contributed by atoms with Crippen LogP contribution >= 0.6 is 0 Å². The zero-order valence-electron chi connectivity index (χ0n) is 10.1. The Balaban J connectivity index is 2.11. The molecule has 1 aromatic heterocycles. The highest BCUT2D eigenvalue weighted by Gasteiger charge is 2.39. The standard InChI is InChI=1S/C14H17NO2/c1-2-3-12-11(14(16)17)7-10-8-4-5-9(6-8)13(10)15-12/h7-9H,2-6H2,1H3,(H,16,17). The van der Waals surface area contributed by atoms with Crippen LogP contribution in [0.5, 0.6) is 0 Å². The molecule has 3 nitrogen and oxygen atoms in total. The third-order valence-corrected chi connectivity index (χ3v) is 4.14. The Bertz CT molecular complexity index is 481. The van der Waals surface area contributed by atoms with Crippen molar-refractivity contribution in [2.45, 2.75) is 50.9 Å². The second-order valence-electron chi connectivity index (χ2n) is 5.22. The molecule has 0 aromatic carbocycles. The van der Waals surface area contributed by atoms with Crippen LogP contribution in [0.25, 0.3) is 0 Å². The van der Waals surface area contributed by atoms with Gasteiger partial charge >= 0.3 is 5.97 Å². The average Bonchev–Trinajstić information content (AvgIpc) is 2.89. The summed E-state index contributed by atoms with van der Waals surface area (Å²) >= 11 is 0. The molecule has 1 aromatic rings. The number of aryl methyl sites for hydroxylation is 1. The molecule has 17 heavy (non-hydrogen) atoms. The van der Waals surface area contributed by atoms with Crippen molar-refractivity contribution in [3.8, 4) is 0 Å². The van der Waals surface area contributed by atoms with Crippen molar-refractivity contribution in [1.82, 2.24) is 4.98 Å². The second-order valence-corrected chi connectivity index (χ2v) is 5.22. The fraction of sp³-hybridized carbons (Fsp3) is 0.571. The van der Waals surface area contributed by atoms with Gasteiger partial charge in [-0.2, -0.15) is 0 Å². The maximum absolute atomic E-state index is 11.3. The Kier molecular flexibility index (Phi) is 2.42. The van der Waals surface area contributed by atoms with E-state index in [0.717, 1.165) is 18.5 Å². The van der Waals surface area contributed by atoms with Gasteiger partial charge in [0.1, 0.15) is 0 Å². The highest BCUT2D eigenvalue weighted by Crippen LogP contribution is 2.52. The molecule has 0 aliphatic heterocycles. The van der Waals surface area contributed by atoms with Crippen LogP contribution in [0.15, 0.2) is 6.07 Å². The van der Waals surface area contributed by atoms with Gasteiger partial charge < -0.3 is 5.11 Å². The summed E-state index contributed by atoms with van der Waals surface area (Å²) in [4.78, 5) is 15.9. The summed E-state index contributed by atoms with van der Waals surface area (Å²) in [6.07, 6.45) is 5.36. The van der Waals surface area contributed by atoms with Crippen LogP contribution in [0, 0.1) is 0 Å². The molecule has 2 unspecified atom stereocenters. The summed E-state index contributed by atoms with van der Waals surface area (Å²) in [7, 11) is 0. The van der Waals surface area contributed by atoms with Crippen molar-refractivity contribution >= 4 is 5.97 Å². The third kappa shape index (κ3) is 1.56. The van der Waals surface area contributed by atoms with Crippen LogP contribution < -0.4 is 0 Å². The lowest BCUT2D eigenvalue weighted by molar-refractivity contribution is 0.0695. The van der Waals surface area contributed by atoms with E-state index in [4.69, 9.17) is 0 Å². The fourth-order valence-corrected chi connectivity index (χ4v) is 3.36. The van der Waals surface area contributed by atoms with E-state index in [1.165, 1.54) is 30.5 Å². The number of hydrogen-bond donors (Lipinski definition) is 1. The fourth-order valence-electron chi connectivity index (χ4n) is 3.36. The van der Waals surface area contributed by atoms with E-state index in [9.17, 15) is 9.90 Å². The maximum atomic E-state index is 11.3. The number of fused-ring (bicyclic) bond motifs is 5. The SMILES string of the molecule is CCCc1nc2c(cc1C(=O)O)C1CCC2C1. The van der Waals surface area contributed by atoms with Gasteiger partial charge in [-0.3, -0.25) is 4.98 Å². The molecule has 0 spiro atoms. The lowest BCUT2D eigenvalue weighted by Crippen LogP contribution is -2.11. The summed E-state index contributed by atoms with van der Waals surface area (Å²) in [5.41, 5.74) is 3.64. The number of nitrogens with zero attached hydrogens (tertiary/aromatic N) is 1. The minimum Gasteiger partial charge on any atom is -0.478 e. The number of hydrogen-bond acceptors (Lipinski definition) is 2. The summed E-state index contributed by atoms with van der Waals surface area (Å²) in [5.74, 6) is 0.358. The van der Waals surface area contributed by atoms with Gasteiger partial charge in [0.2, 0.25) is 0 Å². The predicted octanol–water partition coefficient (Wildman–Crippen LogP) is 3.10. The maximum Gasteiger partial charge on any atom is 0.337 e. The first kappa shape index (κ1) is 10.8. The van der Waals surface area contributed by atoms with E-state index in [-0.39, 0.29) is 0 Å². The molecule has 90 valence electrons. The molecular formula is C14H17NO2. The highest BCUT2D eigenvalue weighted by molar-refractivity contribution is 5.89. The second kappa shape index (κ2) is 3.83. The summed E-state index contributed by atoms with van der Waals surface area (Å²) in [6, 6.07) is 1.90. The van der Waals surface area contributed by atoms with Crippen LogP contribution in [0.3, 0.4) is 0 Å². The van der Waals surface area contributed by atoms with Crippen molar-refractivity contribution in [2.24, 2.45) is 0 Å². The van der Waals surface area contributed by atoms with Gasteiger partial charge in [-0.15, -0.1) is 0 Å². The van der Waals surface area contributed by atoms with Gasteiger partial charge in [0.05, 0.1) is 11.3 Å². The predicted molar refractivity (Wildman–Crippen MR) is 64.5 cm³/mol. The van der Waals surface area contributed by atoms with E-state index in [1.807, 2.05) is 6.07 Å². The molecule has 0 radical (unpaired) electrons. The van der Waals surface area contributed by atoms with Gasteiger partial charge in [-0.05, 0) is 43.2 Å². The Morgan fingerprint density at radius 1 is 1.47 bits per heavy atom. The number of carboxylic acids is 1. The molecule has 0 amide bonds. The van der Waals surface area contributed by atoms with Crippen LogP contribution in [-0.2, 0) is 6.42 Å². The first-order chi connectivity index (χ1) is 8.20. The lowest BCUT2D eigenvalue weighted by atomic mass is 9.93. The van der Waals surface area contributed by atoms with E-state index < -0.39 is 5.97 Å². The van der Waals surface area contributed by atoms with Crippen molar-refractivity contribution < 1.29 is 9.90 Å². The Labute approximate surface area is 101 Å². The number of aromatic nitrogens is 1. The number of carboxylic acid groups (broad SMARTS) is 1. The van der Waals surface area contributed by atoms with Crippen LogP contribution in [0.1, 0.15) is 71.8 Å². The minimum absolute atomic E-state index is 0.429. The first-order valence-electron chi connectivity index (χ1n) is 6.47. The zero-order valence-corrected chi connectivity index (χ0v) is 10.1. The van der Waals surface area contributed by atoms with Crippen LogP contribution in [0.2, 0.25) is 0 Å². The highest BCUT2D eigenvalue weighted by atomic mass is 16.4. The number of aromatic carboxylic acids is 1. The normalized spacial score (nSPS) is 25.0. The van der Waals surface area contributed by atoms with Gasteiger partial charge in [0.25, 0.3) is 0 Å². The molecule has 1 heterocycles. The van der Waals surface area contributed by atoms with Gasteiger partial charge in [0, 0.05) is 11.6 Å². The summed E-state index contributed by atoms with van der Waals surface area (Å²) in [6.45, 7) is 2.06. The smallest absolute Gasteiger partial charge is 0.337 e. The zero-order chi connectivity index (χ0) is 12.0. The monoisotopic (exact) mass is 231 g/mol. The molecule has 3 heteroatoms. The van der Waals surface area contributed by atoms with Gasteiger partial charge in [0.15, 0.2) is 0 Å². The quantitative estimate of drug-likeness (QED) is 0.869. The van der Waals surface area contributed by atoms with Gasteiger partial charge in [-0.1, -0.05) is 13.3 Å². The van der Waals surface area contributed by atoms with E-state index in [0.29, 0.717) is 17.4 Å². The Hall–Kier alpha value is -1.38. The van der Waals surface area contributed by atoms with E-state index >= 15 is 0 Å². The van der Waals surface area contributed by atoms with Crippen LogP contribution in [0.4, 0.5) is 0 Å². The molecule has 0 saturated heterocycles. The summed E-state index contributed by atoms with van der Waals surface area (Å²) in [5, 5.41) is 9.25. The van der Waals surface area contributed by atoms with Gasteiger partial charge in [-0.25, -0.2) is 4.79 Å². The molecule has 2 aliphatic carbocycles. The molecule has 2 bridgehead atoms. The number of pyridine rings is 1. The largest absolute Gasteiger partial charge is 0.478 e. The Morgan fingerprint density at radius 3 is 2.94 bits per heavy atom. The molecule has 1 saturated carbocycles. The van der Waals surface area contributed by atoms with Crippen molar-refractivity contribution in [3.05, 3.63) is 28.6 Å².